The SMILES string of the molecule is CSC(C)CNc1c(C(N)=S)c(C)nn1C. The molecule has 4 nitrogen and oxygen atoms in total. The van der Waals surface area contributed by atoms with Crippen LogP contribution in [0.25, 0.3) is 0 Å². The first-order valence-corrected chi connectivity index (χ1v) is 6.77. The Labute approximate surface area is 106 Å². The molecule has 0 fully saturated rings. The summed E-state index contributed by atoms with van der Waals surface area (Å²) in [6, 6.07) is 0. The maximum absolute atomic E-state index is 5.70. The molecule has 0 saturated heterocycles. The van der Waals surface area contributed by atoms with Gasteiger partial charge in [-0.3, -0.25) is 4.68 Å². The monoisotopic (exact) mass is 258 g/mol. The van der Waals surface area contributed by atoms with Gasteiger partial charge in [0.15, 0.2) is 0 Å². The lowest BCUT2D eigenvalue weighted by Gasteiger charge is -2.12. The normalized spacial score (nSPS) is 12.5. The molecule has 1 atom stereocenters. The van der Waals surface area contributed by atoms with Crippen LogP contribution in [0.3, 0.4) is 0 Å². The Morgan fingerprint density at radius 2 is 2.31 bits per heavy atom. The van der Waals surface area contributed by atoms with E-state index in [9.17, 15) is 0 Å². The van der Waals surface area contributed by atoms with Crippen molar-refractivity contribution in [3.63, 3.8) is 0 Å². The second kappa shape index (κ2) is 5.54. The van der Waals surface area contributed by atoms with E-state index in [-0.39, 0.29) is 0 Å². The van der Waals surface area contributed by atoms with E-state index in [1.54, 1.807) is 4.68 Å². The Kier molecular flexibility index (Phi) is 4.61. The van der Waals surface area contributed by atoms with Crippen molar-refractivity contribution in [2.75, 3.05) is 18.1 Å². The largest absolute Gasteiger partial charge is 0.389 e. The fourth-order valence-corrected chi connectivity index (χ4v) is 1.97. The molecule has 0 spiro atoms. The van der Waals surface area contributed by atoms with Crippen molar-refractivity contribution in [2.24, 2.45) is 12.8 Å². The van der Waals surface area contributed by atoms with Gasteiger partial charge in [0.2, 0.25) is 0 Å². The molecule has 1 aromatic heterocycles. The van der Waals surface area contributed by atoms with Crippen molar-refractivity contribution in [3.05, 3.63) is 11.3 Å². The van der Waals surface area contributed by atoms with Crippen molar-refractivity contribution < 1.29 is 0 Å². The highest BCUT2D eigenvalue weighted by Crippen LogP contribution is 2.19. The fourth-order valence-electron chi connectivity index (χ4n) is 1.48. The fraction of sp³-hybridized carbons (Fsp3) is 0.600. The van der Waals surface area contributed by atoms with Crippen LogP contribution in [0, 0.1) is 6.92 Å². The van der Waals surface area contributed by atoms with Crippen molar-refractivity contribution in [3.8, 4) is 0 Å². The number of thioether (sulfide) groups is 1. The van der Waals surface area contributed by atoms with Crippen molar-refractivity contribution in [1.29, 1.82) is 0 Å². The lowest BCUT2D eigenvalue weighted by Crippen LogP contribution is -2.18. The summed E-state index contributed by atoms with van der Waals surface area (Å²) in [5.41, 5.74) is 7.42. The third-order valence-corrected chi connectivity index (χ3v) is 3.60. The molecule has 6 heteroatoms. The highest BCUT2D eigenvalue weighted by Gasteiger charge is 2.15. The van der Waals surface area contributed by atoms with Gasteiger partial charge in [-0.05, 0) is 13.2 Å². The van der Waals surface area contributed by atoms with Crippen LogP contribution in [0.4, 0.5) is 5.82 Å². The lowest BCUT2D eigenvalue weighted by molar-refractivity contribution is 0.757. The maximum Gasteiger partial charge on any atom is 0.134 e. The molecule has 16 heavy (non-hydrogen) atoms. The molecule has 0 amide bonds. The molecule has 1 unspecified atom stereocenters. The number of thiocarbonyl (C=S) groups is 1. The van der Waals surface area contributed by atoms with E-state index in [2.05, 4.69) is 23.6 Å². The summed E-state index contributed by atoms with van der Waals surface area (Å²) in [5, 5.41) is 8.20. The molecule has 0 radical (unpaired) electrons. The number of aromatic nitrogens is 2. The topological polar surface area (TPSA) is 55.9 Å². The molecule has 90 valence electrons. The minimum absolute atomic E-state index is 0.393. The van der Waals surface area contributed by atoms with Gasteiger partial charge in [-0.25, -0.2) is 0 Å². The third kappa shape index (κ3) is 2.89. The zero-order valence-corrected chi connectivity index (χ0v) is 11.7. The van der Waals surface area contributed by atoms with E-state index in [0.29, 0.717) is 10.2 Å². The molecule has 0 aromatic carbocycles. The second-order valence-corrected chi connectivity index (χ2v) is 5.44. The Bertz CT molecular complexity index is 386. The van der Waals surface area contributed by atoms with Gasteiger partial charge in [-0.15, -0.1) is 0 Å². The van der Waals surface area contributed by atoms with Crippen LogP contribution in [0.1, 0.15) is 18.2 Å². The third-order valence-electron chi connectivity index (χ3n) is 2.43. The first-order valence-electron chi connectivity index (χ1n) is 5.07. The lowest BCUT2D eigenvalue weighted by atomic mass is 10.2. The number of hydrogen-bond donors (Lipinski definition) is 2. The minimum Gasteiger partial charge on any atom is -0.389 e. The highest BCUT2D eigenvalue weighted by atomic mass is 32.2. The second-order valence-electron chi connectivity index (χ2n) is 3.72. The number of rotatable bonds is 5. The average molecular weight is 258 g/mol. The summed E-state index contributed by atoms with van der Waals surface area (Å²) in [6.45, 7) is 4.95. The van der Waals surface area contributed by atoms with Gasteiger partial charge in [0.1, 0.15) is 10.8 Å². The van der Waals surface area contributed by atoms with Crippen molar-refractivity contribution in [1.82, 2.24) is 9.78 Å². The average Bonchev–Trinajstić information content (AvgIpc) is 2.49. The number of anilines is 1. The van der Waals surface area contributed by atoms with Gasteiger partial charge >= 0.3 is 0 Å². The van der Waals surface area contributed by atoms with Crippen LogP contribution in [-0.4, -0.2) is 32.8 Å². The van der Waals surface area contributed by atoms with E-state index in [1.165, 1.54) is 0 Å². The van der Waals surface area contributed by atoms with Gasteiger partial charge in [0, 0.05) is 18.8 Å². The number of hydrogen-bond acceptors (Lipinski definition) is 4. The summed E-state index contributed by atoms with van der Waals surface area (Å²) in [6.07, 6.45) is 2.09. The number of nitrogens with one attached hydrogen (secondary N) is 1. The molecular weight excluding hydrogens is 240 g/mol. The molecule has 0 bridgehead atoms. The van der Waals surface area contributed by atoms with Crippen molar-refractivity contribution >= 4 is 34.8 Å². The maximum atomic E-state index is 5.70. The first kappa shape index (κ1) is 13.3. The summed E-state index contributed by atoms with van der Waals surface area (Å²) in [4.78, 5) is 0.393. The van der Waals surface area contributed by atoms with E-state index >= 15 is 0 Å². The van der Waals surface area contributed by atoms with Crippen LogP contribution in [-0.2, 0) is 7.05 Å². The predicted octanol–water partition coefficient (Wildman–Crippen LogP) is 1.53. The molecule has 1 aromatic rings. The summed E-state index contributed by atoms with van der Waals surface area (Å²) < 4.78 is 1.79. The van der Waals surface area contributed by atoms with Crippen LogP contribution >= 0.6 is 24.0 Å². The van der Waals surface area contributed by atoms with Gasteiger partial charge in [0.05, 0.1) is 11.3 Å². The Morgan fingerprint density at radius 1 is 1.69 bits per heavy atom. The molecule has 1 rings (SSSR count). The van der Waals surface area contributed by atoms with Crippen LogP contribution in [0.15, 0.2) is 0 Å². The molecule has 3 N–H and O–H groups in total. The summed E-state index contributed by atoms with van der Waals surface area (Å²) in [7, 11) is 1.89. The van der Waals surface area contributed by atoms with Gasteiger partial charge in [-0.1, -0.05) is 19.1 Å². The van der Waals surface area contributed by atoms with Gasteiger partial charge < -0.3 is 11.1 Å². The Morgan fingerprint density at radius 3 is 2.81 bits per heavy atom. The predicted molar refractivity (Wildman–Crippen MR) is 75.3 cm³/mol. The molecular formula is C10H18N4S2. The standard InChI is InChI=1S/C10H18N4S2/c1-6(16-4)5-12-10-8(9(11)15)7(2)13-14(10)3/h6,12H,5H2,1-4H3,(H2,11,15). The zero-order valence-electron chi connectivity index (χ0n) is 10.1. The number of nitrogens with two attached hydrogens (primary N) is 1. The molecule has 1 heterocycles. The summed E-state index contributed by atoms with van der Waals surface area (Å²) in [5.74, 6) is 0.908. The quantitative estimate of drug-likeness (QED) is 0.784. The molecule has 0 saturated carbocycles. The Balaban J connectivity index is 2.90. The molecule has 0 aliphatic heterocycles. The summed E-state index contributed by atoms with van der Waals surface area (Å²) >= 11 is 6.85. The van der Waals surface area contributed by atoms with Crippen LogP contribution in [0.2, 0.25) is 0 Å². The Hall–Kier alpha value is -0.750. The van der Waals surface area contributed by atoms with Gasteiger partial charge in [0.25, 0.3) is 0 Å². The van der Waals surface area contributed by atoms with E-state index in [1.807, 2.05) is 25.7 Å². The smallest absolute Gasteiger partial charge is 0.134 e. The number of aryl methyl sites for hydroxylation is 2. The molecule has 0 aliphatic rings. The van der Waals surface area contributed by atoms with E-state index < -0.39 is 0 Å². The first-order chi connectivity index (χ1) is 7.47. The van der Waals surface area contributed by atoms with E-state index in [4.69, 9.17) is 18.0 Å². The zero-order chi connectivity index (χ0) is 12.3. The molecule has 0 aliphatic carbocycles. The number of nitrogens with zero attached hydrogens (tertiary/aromatic N) is 2. The van der Waals surface area contributed by atoms with Gasteiger partial charge in [-0.2, -0.15) is 16.9 Å². The van der Waals surface area contributed by atoms with Crippen LogP contribution in [0.5, 0.6) is 0 Å². The van der Waals surface area contributed by atoms with Crippen molar-refractivity contribution in [2.45, 2.75) is 19.1 Å². The van der Waals surface area contributed by atoms with E-state index in [0.717, 1.165) is 23.6 Å². The minimum atomic E-state index is 0.393. The highest BCUT2D eigenvalue weighted by molar-refractivity contribution is 7.99. The van der Waals surface area contributed by atoms with Crippen LogP contribution < -0.4 is 11.1 Å².